The molecule has 126 valence electrons. The number of aromatic carboxylic acids is 1. The van der Waals surface area contributed by atoms with Crippen molar-refractivity contribution in [3.05, 3.63) is 47.4 Å². The highest BCUT2D eigenvalue weighted by molar-refractivity contribution is 5.88. The van der Waals surface area contributed by atoms with Crippen molar-refractivity contribution in [2.45, 2.75) is 32.6 Å². The normalized spacial score (nSPS) is 18.9. The number of amides is 1. The number of carboxylic acid groups (broad SMARTS) is 1. The van der Waals surface area contributed by atoms with E-state index in [1.807, 2.05) is 6.07 Å². The van der Waals surface area contributed by atoms with Gasteiger partial charge in [0.1, 0.15) is 23.2 Å². The number of nitrogens with one attached hydrogen (secondary N) is 1. The highest BCUT2D eigenvalue weighted by Crippen LogP contribution is 2.33. The molecule has 2 aromatic rings. The van der Waals surface area contributed by atoms with Gasteiger partial charge in [0.05, 0.1) is 6.54 Å². The lowest BCUT2D eigenvalue weighted by atomic mass is 10.1. The molecule has 2 atom stereocenters. The molecule has 0 aliphatic carbocycles. The van der Waals surface area contributed by atoms with Crippen LogP contribution in [0.3, 0.4) is 0 Å². The number of benzene rings is 1. The fourth-order valence-electron chi connectivity index (χ4n) is 2.52. The number of carbonyl (C=O) groups is 2. The molecule has 0 spiro atoms. The van der Waals surface area contributed by atoms with Gasteiger partial charge in [0.15, 0.2) is 11.5 Å². The fourth-order valence-corrected chi connectivity index (χ4v) is 2.52. The minimum Gasteiger partial charge on any atom is -0.482 e. The number of furan rings is 1. The molecule has 0 fully saturated rings. The molecular weight excluding hydrogens is 314 g/mol. The molecule has 1 aromatic heterocycles. The third-order valence-electron chi connectivity index (χ3n) is 3.74. The van der Waals surface area contributed by atoms with Crippen molar-refractivity contribution < 1.29 is 28.6 Å². The third-order valence-corrected chi connectivity index (χ3v) is 3.74. The predicted molar refractivity (Wildman–Crippen MR) is 83.2 cm³/mol. The number of hydrogen-bond acceptors (Lipinski definition) is 5. The lowest BCUT2D eigenvalue weighted by Gasteiger charge is -2.30. The summed E-state index contributed by atoms with van der Waals surface area (Å²) in [6.07, 6.45) is -1.25. The summed E-state index contributed by atoms with van der Waals surface area (Å²) in [5.74, 6) is 0.347. The van der Waals surface area contributed by atoms with Gasteiger partial charge in [-0.2, -0.15) is 0 Å². The van der Waals surface area contributed by atoms with Crippen LogP contribution in [0.1, 0.15) is 28.8 Å². The maximum Gasteiger partial charge on any atom is 0.339 e. The van der Waals surface area contributed by atoms with E-state index in [1.54, 1.807) is 32.0 Å². The molecule has 1 aliphatic heterocycles. The quantitative estimate of drug-likeness (QED) is 0.890. The summed E-state index contributed by atoms with van der Waals surface area (Å²) >= 11 is 0. The van der Waals surface area contributed by atoms with Crippen LogP contribution in [-0.2, 0) is 11.3 Å². The Morgan fingerprint density at radius 3 is 2.50 bits per heavy atom. The first-order valence-corrected chi connectivity index (χ1v) is 7.48. The number of aryl methyl sites for hydroxylation is 1. The second-order valence-electron chi connectivity index (χ2n) is 5.51. The summed E-state index contributed by atoms with van der Waals surface area (Å²) in [6, 6.07) is 8.53. The van der Waals surface area contributed by atoms with E-state index in [4.69, 9.17) is 19.0 Å². The molecular formula is C17H17NO6. The molecule has 0 saturated carbocycles. The zero-order valence-corrected chi connectivity index (χ0v) is 13.2. The van der Waals surface area contributed by atoms with Crippen molar-refractivity contribution in [1.82, 2.24) is 5.32 Å². The van der Waals surface area contributed by atoms with E-state index >= 15 is 0 Å². The van der Waals surface area contributed by atoms with Crippen molar-refractivity contribution >= 4 is 11.9 Å². The highest BCUT2D eigenvalue weighted by Gasteiger charge is 2.34. The van der Waals surface area contributed by atoms with Gasteiger partial charge >= 0.3 is 5.97 Å². The van der Waals surface area contributed by atoms with E-state index in [9.17, 15) is 9.59 Å². The van der Waals surface area contributed by atoms with Gasteiger partial charge in [-0.1, -0.05) is 12.1 Å². The van der Waals surface area contributed by atoms with Crippen LogP contribution in [0.5, 0.6) is 11.5 Å². The molecule has 2 heterocycles. The van der Waals surface area contributed by atoms with Crippen molar-refractivity contribution in [2.24, 2.45) is 0 Å². The van der Waals surface area contributed by atoms with Gasteiger partial charge < -0.3 is 24.3 Å². The zero-order valence-electron chi connectivity index (χ0n) is 13.2. The van der Waals surface area contributed by atoms with Crippen LogP contribution in [0.2, 0.25) is 0 Å². The van der Waals surface area contributed by atoms with Gasteiger partial charge in [0, 0.05) is 0 Å². The minimum absolute atomic E-state index is 0.0706. The Morgan fingerprint density at radius 2 is 1.88 bits per heavy atom. The van der Waals surface area contributed by atoms with E-state index in [1.165, 1.54) is 6.07 Å². The first-order valence-electron chi connectivity index (χ1n) is 7.48. The van der Waals surface area contributed by atoms with Crippen molar-refractivity contribution in [3.63, 3.8) is 0 Å². The minimum atomic E-state index is -1.07. The summed E-state index contributed by atoms with van der Waals surface area (Å²) in [4.78, 5) is 23.3. The number of hydrogen-bond donors (Lipinski definition) is 2. The van der Waals surface area contributed by atoms with Gasteiger partial charge in [-0.25, -0.2) is 4.79 Å². The highest BCUT2D eigenvalue weighted by atomic mass is 16.6. The molecule has 3 rings (SSSR count). The van der Waals surface area contributed by atoms with Gasteiger partial charge in [-0.05, 0) is 32.0 Å². The van der Waals surface area contributed by atoms with Crippen LogP contribution in [-0.4, -0.2) is 29.2 Å². The van der Waals surface area contributed by atoms with E-state index in [0.717, 1.165) is 0 Å². The Labute approximate surface area is 138 Å². The van der Waals surface area contributed by atoms with E-state index in [-0.39, 0.29) is 18.0 Å². The molecule has 0 radical (unpaired) electrons. The number of rotatable bonds is 4. The summed E-state index contributed by atoms with van der Waals surface area (Å²) in [7, 11) is 0. The second-order valence-corrected chi connectivity index (χ2v) is 5.51. The molecule has 0 unspecified atom stereocenters. The van der Waals surface area contributed by atoms with E-state index in [2.05, 4.69) is 5.32 Å². The predicted octanol–water partition coefficient (Wildman–Crippen LogP) is 2.13. The largest absolute Gasteiger partial charge is 0.482 e. The smallest absolute Gasteiger partial charge is 0.339 e. The maximum atomic E-state index is 12.3. The Morgan fingerprint density at radius 1 is 1.21 bits per heavy atom. The number of carbonyl (C=O) groups excluding carboxylic acids is 1. The van der Waals surface area contributed by atoms with Crippen molar-refractivity contribution in [2.75, 3.05) is 0 Å². The summed E-state index contributed by atoms with van der Waals surface area (Å²) in [5.41, 5.74) is 0.0822. The zero-order chi connectivity index (χ0) is 17.3. The van der Waals surface area contributed by atoms with Crippen LogP contribution in [0, 0.1) is 6.92 Å². The van der Waals surface area contributed by atoms with Crippen molar-refractivity contribution in [3.8, 4) is 11.5 Å². The summed E-state index contributed by atoms with van der Waals surface area (Å²) < 4.78 is 16.7. The van der Waals surface area contributed by atoms with Gasteiger partial charge in [0.25, 0.3) is 5.91 Å². The Balaban J connectivity index is 1.65. The fraction of sp³-hybridized carbons (Fsp3) is 0.294. The SMILES string of the molecule is Cc1oc(CNC(=O)[C@@H]2Oc3ccccc3O[C@H]2C)cc1C(=O)O. The third kappa shape index (κ3) is 3.05. The summed E-state index contributed by atoms with van der Waals surface area (Å²) in [5, 5.41) is 11.7. The van der Waals surface area contributed by atoms with Crippen LogP contribution in [0.25, 0.3) is 0 Å². The van der Waals surface area contributed by atoms with Crippen LogP contribution >= 0.6 is 0 Å². The number of para-hydroxylation sites is 2. The van der Waals surface area contributed by atoms with Crippen LogP contribution < -0.4 is 14.8 Å². The lowest BCUT2D eigenvalue weighted by molar-refractivity contribution is -0.133. The standard InChI is InChI=1S/C17H17NO6/c1-9-12(17(20)21)7-11(22-9)8-18-16(19)15-10(2)23-13-5-3-4-6-14(13)24-15/h3-7,10,15H,8H2,1-2H3,(H,18,19)(H,20,21)/t10-,15+/m0/s1. The van der Waals surface area contributed by atoms with Crippen LogP contribution in [0.4, 0.5) is 0 Å². The Kier molecular flexibility index (Phi) is 4.16. The topological polar surface area (TPSA) is 98.0 Å². The van der Waals surface area contributed by atoms with Gasteiger partial charge in [0.2, 0.25) is 6.10 Å². The monoisotopic (exact) mass is 331 g/mol. The molecule has 24 heavy (non-hydrogen) atoms. The second kappa shape index (κ2) is 6.27. The number of ether oxygens (including phenoxy) is 2. The number of fused-ring (bicyclic) bond motifs is 1. The van der Waals surface area contributed by atoms with Crippen LogP contribution in [0.15, 0.2) is 34.7 Å². The molecule has 0 bridgehead atoms. The molecule has 1 aliphatic rings. The molecule has 7 heteroatoms. The average Bonchev–Trinajstić information content (AvgIpc) is 2.93. The Bertz CT molecular complexity index is 781. The maximum absolute atomic E-state index is 12.3. The lowest BCUT2D eigenvalue weighted by Crippen LogP contribution is -2.48. The van der Waals surface area contributed by atoms with Crippen molar-refractivity contribution in [1.29, 1.82) is 0 Å². The van der Waals surface area contributed by atoms with E-state index < -0.39 is 18.2 Å². The first-order chi connectivity index (χ1) is 11.5. The molecule has 1 aromatic carbocycles. The van der Waals surface area contributed by atoms with Gasteiger partial charge in [-0.15, -0.1) is 0 Å². The molecule has 2 N–H and O–H groups in total. The molecule has 7 nitrogen and oxygen atoms in total. The summed E-state index contributed by atoms with van der Waals surface area (Å²) in [6.45, 7) is 3.38. The van der Waals surface area contributed by atoms with E-state index in [0.29, 0.717) is 23.0 Å². The molecule has 1 amide bonds. The van der Waals surface area contributed by atoms with Gasteiger partial charge in [-0.3, -0.25) is 4.79 Å². The number of carboxylic acids is 1. The first kappa shape index (κ1) is 15.9. The average molecular weight is 331 g/mol. The Hall–Kier alpha value is -2.96. The molecule has 0 saturated heterocycles.